The van der Waals surface area contributed by atoms with Gasteiger partial charge in [0.15, 0.2) is 0 Å². The largest absolute Gasteiger partial charge is 0.378 e. The lowest BCUT2D eigenvalue weighted by Gasteiger charge is -2.17. The normalized spacial score (nSPS) is 12.3. The lowest BCUT2D eigenvalue weighted by molar-refractivity contribution is 0.577. The number of benzene rings is 2. The number of halogens is 2. The SMILES string of the molecule is CN(C)c1cccc(C(N)c2cc(F)cc(F)c2)c1. The molecule has 1 unspecified atom stereocenters. The first-order valence-corrected chi connectivity index (χ1v) is 5.96. The molecule has 1 atom stereocenters. The monoisotopic (exact) mass is 262 g/mol. The highest BCUT2D eigenvalue weighted by molar-refractivity contribution is 5.49. The van der Waals surface area contributed by atoms with Gasteiger partial charge < -0.3 is 10.6 Å². The van der Waals surface area contributed by atoms with Gasteiger partial charge in [0.05, 0.1) is 6.04 Å². The fourth-order valence-electron chi connectivity index (χ4n) is 1.94. The van der Waals surface area contributed by atoms with E-state index in [4.69, 9.17) is 5.73 Å². The topological polar surface area (TPSA) is 29.3 Å². The maximum atomic E-state index is 13.2. The van der Waals surface area contributed by atoms with Gasteiger partial charge >= 0.3 is 0 Å². The van der Waals surface area contributed by atoms with Gasteiger partial charge in [-0.05, 0) is 35.4 Å². The molecule has 2 rings (SSSR count). The van der Waals surface area contributed by atoms with Gasteiger partial charge in [-0.2, -0.15) is 0 Å². The zero-order valence-corrected chi connectivity index (χ0v) is 10.9. The minimum Gasteiger partial charge on any atom is -0.378 e. The van der Waals surface area contributed by atoms with Crippen molar-refractivity contribution in [2.75, 3.05) is 19.0 Å². The second-order valence-electron chi connectivity index (χ2n) is 4.67. The lowest BCUT2D eigenvalue weighted by Crippen LogP contribution is -2.14. The van der Waals surface area contributed by atoms with E-state index in [9.17, 15) is 8.78 Å². The van der Waals surface area contributed by atoms with E-state index in [0.29, 0.717) is 5.56 Å². The van der Waals surface area contributed by atoms with Crippen molar-refractivity contribution in [1.82, 2.24) is 0 Å². The third-order valence-electron chi connectivity index (χ3n) is 2.99. The minimum absolute atomic E-state index is 0.424. The van der Waals surface area contributed by atoms with Crippen molar-refractivity contribution >= 4 is 5.69 Å². The van der Waals surface area contributed by atoms with E-state index in [1.54, 1.807) is 0 Å². The number of hydrogen-bond donors (Lipinski definition) is 1. The summed E-state index contributed by atoms with van der Waals surface area (Å²) in [5.41, 5.74) is 8.30. The minimum atomic E-state index is -0.616. The van der Waals surface area contributed by atoms with Crippen molar-refractivity contribution in [3.63, 3.8) is 0 Å². The summed E-state index contributed by atoms with van der Waals surface area (Å²) in [4.78, 5) is 1.95. The van der Waals surface area contributed by atoms with Gasteiger partial charge in [-0.25, -0.2) is 8.78 Å². The molecule has 2 aromatic carbocycles. The van der Waals surface area contributed by atoms with Crippen LogP contribution in [0.3, 0.4) is 0 Å². The molecule has 100 valence electrons. The van der Waals surface area contributed by atoms with Crippen LogP contribution < -0.4 is 10.6 Å². The van der Waals surface area contributed by atoms with Gasteiger partial charge in [-0.15, -0.1) is 0 Å². The highest BCUT2D eigenvalue weighted by Crippen LogP contribution is 2.24. The van der Waals surface area contributed by atoms with E-state index in [2.05, 4.69) is 0 Å². The van der Waals surface area contributed by atoms with Crippen molar-refractivity contribution in [3.8, 4) is 0 Å². The molecule has 2 nitrogen and oxygen atoms in total. The van der Waals surface area contributed by atoms with Crippen molar-refractivity contribution in [2.45, 2.75) is 6.04 Å². The number of anilines is 1. The molecule has 0 aliphatic rings. The Balaban J connectivity index is 2.38. The van der Waals surface area contributed by atoms with Crippen molar-refractivity contribution in [3.05, 3.63) is 65.2 Å². The number of nitrogens with zero attached hydrogens (tertiary/aromatic N) is 1. The first kappa shape index (κ1) is 13.5. The number of nitrogens with two attached hydrogens (primary N) is 1. The molecular formula is C15H16F2N2. The molecule has 0 radical (unpaired) electrons. The molecule has 2 N–H and O–H groups in total. The molecule has 4 heteroatoms. The van der Waals surface area contributed by atoms with E-state index in [1.807, 2.05) is 43.3 Å². The summed E-state index contributed by atoms with van der Waals surface area (Å²) < 4.78 is 26.4. The van der Waals surface area contributed by atoms with Gasteiger partial charge in [-0.3, -0.25) is 0 Å². The Labute approximate surface area is 111 Å². The molecule has 0 heterocycles. The summed E-state index contributed by atoms with van der Waals surface area (Å²) in [7, 11) is 3.85. The summed E-state index contributed by atoms with van der Waals surface area (Å²) in [5, 5.41) is 0. The average molecular weight is 262 g/mol. The smallest absolute Gasteiger partial charge is 0.126 e. The summed E-state index contributed by atoms with van der Waals surface area (Å²) in [6.45, 7) is 0. The van der Waals surface area contributed by atoms with Crippen LogP contribution in [0.1, 0.15) is 17.2 Å². The van der Waals surface area contributed by atoms with E-state index in [-0.39, 0.29) is 0 Å². The van der Waals surface area contributed by atoms with E-state index in [0.717, 1.165) is 17.3 Å². The summed E-state index contributed by atoms with van der Waals surface area (Å²) >= 11 is 0. The molecule has 0 saturated carbocycles. The molecule has 0 aliphatic carbocycles. The fourth-order valence-corrected chi connectivity index (χ4v) is 1.94. The Kier molecular flexibility index (Phi) is 3.81. The highest BCUT2D eigenvalue weighted by atomic mass is 19.1. The molecule has 0 spiro atoms. The number of hydrogen-bond acceptors (Lipinski definition) is 2. The molecular weight excluding hydrogens is 246 g/mol. The maximum absolute atomic E-state index is 13.2. The second kappa shape index (κ2) is 5.36. The van der Waals surface area contributed by atoms with Crippen LogP contribution >= 0.6 is 0 Å². The lowest BCUT2D eigenvalue weighted by atomic mass is 9.99. The predicted molar refractivity (Wildman–Crippen MR) is 73.2 cm³/mol. The third-order valence-corrected chi connectivity index (χ3v) is 2.99. The highest BCUT2D eigenvalue weighted by Gasteiger charge is 2.12. The zero-order chi connectivity index (χ0) is 14.0. The first-order valence-electron chi connectivity index (χ1n) is 5.96. The first-order chi connectivity index (χ1) is 8.97. The Bertz CT molecular complexity index is 562. The van der Waals surface area contributed by atoms with E-state index >= 15 is 0 Å². The standard InChI is InChI=1S/C15H16F2N2/c1-19(2)14-5-3-4-10(8-14)15(18)11-6-12(16)9-13(17)7-11/h3-9,15H,18H2,1-2H3. The molecule has 0 amide bonds. The van der Waals surface area contributed by atoms with E-state index in [1.165, 1.54) is 12.1 Å². The zero-order valence-electron chi connectivity index (χ0n) is 10.9. The van der Waals surface area contributed by atoms with Gasteiger partial charge in [0.25, 0.3) is 0 Å². The quantitative estimate of drug-likeness (QED) is 0.921. The molecule has 0 bridgehead atoms. The van der Waals surface area contributed by atoms with Gasteiger partial charge in [-0.1, -0.05) is 12.1 Å². The average Bonchev–Trinajstić information content (AvgIpc) is 2.37. The van der Waals surface area contributed by atoms with Crippen LogP contribution in [0.2, 0.25) is 0 Å². The van der Waals surface area contributed by atoms with Crippen LogP contribution in [-0.2, 0) is 0 Å². The van der Waals surface area contributed by atoms with Crippen molar-refractivity contribution in [2.24, 2.45) is 5.73 Å². The Morgan fingerprint density at radius 1 is 0.947 bits per heavy atom. The van der Waals surface area contributed by atoms with Crippen LogP contribution in [0.25, 0.3) is 0 Å². The Morgan fingerprint density at radius 3 is 2.16 bits per heavy atom. The van der Waals surface area contributed by atoms with Crippen molar-refractivity contribution < 1.29 is 8.78 Å². The van der Waals surface area contributed by atoms with Gasteiger partial charge in [0.1, 0.15) is 11.6 Å². The van der Waals surface area contributed by atoms with Crippen LogP contribution in [0.4, 0.5) is 14.5 Å². The summed E-state index contributed by atoms with van der Waals surface area (Å²) in [6, 6.07) is 10.4. The Morgan fingerprint density at radius 2 is 1.58 bits per heavy atom. The number of rotatable bonds is 3. The predicted octanol–water partition coefficient (Wildman–Crippen LogP) is 3.08. The van der Waals surface area contributed by atoms with Crippen LogP contribution in [-0.4, -0.2) is 14.1 Å². The maximum Gasteiger partial charge on any atom is 0.126 e. The molecule has 2 aromatic rings. The van der Waals surface area contributed by atoms with Crippen LogP contribution in [0.5, 0.6) is 0 Å². The molecule has 0 aliphatic heterocycles. The molecule has 0 aromatic heterocycles. The molecule has 0 saturated heterocycles. The Hall–Kier alpha value is -1.94. The second-order valence-corrected chi connectivity index (χ2v) is 4.67. The van der Waals surface area contributed by atoms with Gasteiger partial charge in [0.2, 0.25) is 0 Å². The molecule has 0 fully saturated rings. The molecule has 19 heavy (non-hydrogen) atoms. The third kappa shape index (κ3) is 3.09. The van der Waals surface area contributed by atoms with E-state index < -0.39 is 17.7 Å². The fraction of sp³-hybridized carbons (Fsp3) is 0.200. The summed E-state index contributed by atoms with van der Waals surface area (Å²) in [5.74, 6) is -1.23. The van der Waals surface area contributed by atoms with Crippen LogP contribution in [0, 0.1) is 11.6 Å². The summed E-state index contributed by atoms with van der Waals surface area (Å²) in [6.07, 6.45) is 0. The van der Waals surface area contributed by atoms with Gasteiger partial charge in [0, 0.05) is 25.8 Å². The van der Waals surface area contributed by atoms with Crippen molar-refractivity contribution in [1.29, 1.82) is 0 Å². The van der Waals surface area contributed by atoms with Crippen LogP contribution in [0.15, 0.2) is 42.5 Å².